The summed E-state index contributed by atoms with van der Waals surface area (Å²) in [6.07, 6.45) is 5.42. The van der Waals surface area contributed by atoms with Crippen molar-refractivity contribution in [3.8, 4) is 33.6 Å². The number of furan rings is 1. The first-order valence-corrected chi connectivity index (χ1v) is 18.5. The second kappa shape index (κ2) is 13.6. The van der Waals surface area contributed by atoms with Gasteiger partial charge in [0.15, 0.2) is 0 Å². The van der Waals surface area contributed by atoms with Crippen LogP contribution in [-0.4, -0.2) is 23.0 Å². The monoisotopic (exact) mass is 800 g/mol. The number of pyridine rings is 3. The number of rotatable bonds is 4. The number of hydrogen-bond acceptors (Lipinski definition) is 4. The first-order valence-electron chi connectivity index (χ1n) is 15.0. The van der Waals surface area contributed by atoms with E-state index in [1.807, 2.05) is 48.7 Å². The van der Waals surface area contributed by atoms with Gasteiger partial charge >= 0.3 is 0 Å². The van der Waals surface area contributed by atoms with Crippen LogP contribution in [0.2, 0.25) is 19.6 Å². The van der Waals surface area contributed by atoms with Crippen molar-refractivity contribution >= 4 is 35.3 Å². The summed E-state index contributed by atoms with van der Waals surface area (Å²) < 4.78 is 20.5. The minimum atomic E-state index is -1.23. The number of hydrogen-bond donors (Lipinski definition) is 0. The largest absolute Gasteiger partial charge is 0.486 e. The smallest absolute Gasteiger partial charge is 0.216 e. The molecule has 7 aromatic rings. The van der Waals surface area contributed by atoms with Crippen LogP contribution in [0.5, 0.6) is 0 Å². The van der Waals surface area contributed by atoms with Crippen molar-refractivity contribution in [1.29, 1.82) is 0 Å². The predicted molar refractivity (Wildman–Crippen MR) is 185 cm³/mol. The SMILES string of the molecule is C[Si](C)(C)c1ccc(-c2[c-]cccc2)nc1.Cc1cc(C)c(-c2ccnc(-c3[c-]cc(F)c4c3oc3ncccc34)c2)c(C)c1.[Ir]. The molecule has 0 aliphatic rings. The van der Waals surface area contributed by atoms with E-state index in [0.29, 0.717) is 33.3 Å². The van der Waals surface area contributed by atoms with E-state index in [4.69, 9.17) is 4.42 Å². The number of aromatic nitrogens is 3. The first-order chi connectivity index (χ1) is 21.6. The summed E-state index contributed by atoms with van der Waals surface area (Å²) in [5, 5.41) is 2.46. The Hall–Kier alpha value is -4.29. The molecule has 0 N–H and O–H groups in total. The van der Waals surface area contributed by atoms with E-state index in [1.54, 1.807) is 18.5 Å². The fraction of sp³-hybridized carbons (Fsp3) is 0.154. The average molecular weight is 800 g/mol. The van der Waals surface area contributed by atoms with Crippen molar-refractivity contribution in [2.24, 2.45) is 0 Å². The maximum atomic E-state index is 14.6. The van der Waals surface area contributed by atoms with Crippen LogP contribution in [0.15, 0.2) is 102 Å². The summed E-state index contributed by atoms with van der Waals surface area (Å²) in [5.41, 5.74) is 10.1. The second-order valence-corrected chi connectivity index (χ2v) is 17.4. The van der Waals surface area contributed by atoms with Gasteiger partial charge in [0.1, 0.15) is 0 Å². The van der Waals surface area contributed by atoms with Gasteiger partial charge in [0.25, 0.3) is 0 Å². The van der Waals surface area contributed by atoms with Gasteiger partial charge in [0, 0.05) is 49.9 Å². The average Bonchev–Trinajstić information content (AvgIpc) is 3.42. The zero-order valence-electron chi connectivity index (χ0n) is 26.7. The Balaban J connectivity index is 0.000000209. The molecule has 7 rings (SSSR count). The van der Waals surface area contributed by atoms with E-state index < -0.39 is 8.07 Å². The zero-order chi connectivity index (χ0) is 31.7. The molecule has 0 fully saturated rings. The molecular weight excluding hydrogens is 766 g/mol. The molecule has 0 amide bonds. The van der Waals surface area contributed by atoms with Crippen molar-refractivity contribution in [2.45, 2.75) is 40.4 Å². The third-order valence-corrected chi connectivity index (χ3v) is 9.90. The molecule has 0 aliphatic carbocycles. The number of aryl methyl sites for hydroxylation is 3. The van der Waals surface area contributed by atoms with Crippen molar-refractivity contribution in [3.63, 3.8) is 0 Å². The summed E-state index contributed by atoms with van der Waals surface area (Å²) in [4.78, 5) is 13.3. The van der Waals surface area contributed by atoms with E-state index in [-0.39, 0.29) is 25.9 Å². The van der Waals surface area contributed by atoms with Gasteiger partial charge < -0.3 is 14.4 Å². The van der Waals surface area contributed by atoms with Gasteiger partial charge in [0.2, 0.25) is 5.71 Å². The molecule has 46 heavy (non-hydrogen) atoms. The predicted octanol–water partition coefficient (Wildman–Crippen LogP) is 9.67. The molecule has 4 aromatic heterocycles. The molecule has 1 radical (unpaired) electrons. The molecule has 4 heterocycles. The summed E-state index contributed by atoms with van der Waals surface area (Å²) in [7, 11) is -1.23. The summed E-state index contributed by atoms with van der Waals surface area (Å²) in [6, 6.07) is 31.7. The van der Waals surface area contributed by atoms with Crippen LogP contribution in [0.4, 0.5) is 4.39 Å². The van der Waals surface area contributed by atoms with Crippen LogP contribution >= 0.6 is 0 Å². The number of nitrogens with zero attached hydrogens (tertiary/aromatic N) is 3. The minimum absolute atomic E-state index is 0. The van der Waals surface area contributed by atoms with E-state index in [2.05, 4.69) is 91.8 Å². The molecule has 3 aromatic carbocycles. The Morgan fingerprint density at radius 2 is 1.57 bits per heavy atom. The molecule has 0 spiro atoms. The molecule has 0 atom stereocenters. The van der Waals surface area contributed by atoms with E-state index in [0.717, 1.165) is 16.8 Å². The Morgan fingerprint density at radius 1 is 0.783 bits per heavy atom. The fourth-order valence-corrected chi connectivity index (χ4v) is 6.75. The Kier molecular flexibility index (Phi) is 9.78. The fourth-order valence-electron chi connectivity index (χ4n) is 5.72. The van der Waals surface area contributed by atoms with Gasteiger partial charge in [-0.1, -0.05) is 61.1 Å². The van der Waals surface area contributed by atoms with E-state index in [1.165, 1.54) is 33.5 Å². The van der Waals surface area contributed by atoms with E-state index in [9.17, 15) is 4.39 Å². The van der Waals surface area contributed by atoms with Crippen LogP contribution in [-0.2, 0) is 20.1 Å². The zero-order valence-corrected chi connectivity index (χ0v) is 30.1. The molecule has 4 nitrogen and oxygen atoms in total. The van der Waals surface area contributed by atoms with Crippen LogP contribution in [0, 0.1) is 38.7 Å². The number of halogens is 1. The minimum Gasteiger partial charge on any atom is -0.486 e. The van der Waals surface area contributed by atoms with Gasteiger partial charge in [0.05, 0.1) is 13.7 Å². The topological polar surface area (TPSA) is 51.8 Å². The van der Waals surface area contributed by atoms with Crippen LogP contribution in [0.3, 0.4) is 0 Å². The molecule has 0 saturated carbocycles. The van der Waals surface area contributed by atoms with Gasteiger partial charge in [-0.05, 0) is 83.2 Å². The van der Waals surface area contributed by atoms with Crippen LogP contribution in [0.25, 0.3) is 55.7 Å². The van der Waals surface area contributed by atoms with Gasteiger partial charge in [-0.15, -0.1) is 48.0 Å². The molecule has 233 valence electrons. The molecule has 0 saturated heterocycles. The van der Waals surface area contributed by atoms with Crippen LogP contribution in [0.1, 0.15) is 16.7 Å². The molecule has 0 bridgehead atoms. The normalized spacial score (nSPS) is 11.2. The Morgan fingerprint density at radius 3 is 2.24 bits per heavy atom. The maximum absolute atomic E-state index is 14.6. The van der Waals surface area contributed by atoms with Crippen molar-refractivity contribution in [2.75, 3.05) is 0 Å². The van der Waals surface area contributed by atoms with Gasteiger partial charge in [-0.3, -0.25) is 4.39 Å². The quantitative estimate of drug-likeness (QED) is 0.132. The third-order valence-electron chi connectivity index (χ3n) is 7.87. The molecule has 0 aliphatic heterocycles. The van der Waals surface area contributed by atoms with E-state index >= 15 is 0 Å². The van der Waals surface area contributed by atoms with Crippen molar-refractivity contribution in [1.82, 2.24) is 15.0 Å². The Labute approximate surface area is 284 Å². The van der Waals surface area contributed by atoms with Gasteiger partial charge in [-0.25, -0.2) is 4.98 Å². The first kappa shape index (κ1) is 33.1. The van der Waals surface area contributed by atoms with Gasteiger partial charge in [-0.2, -0.15) is 0 Å². The van der Waals surface area contributed by atoms with Crippen LogP contribution < -0.4 is 5.19 Å². The summed E-state index contributed by atoms with van der Waals surface area (Å²) >= 11 is 0. The number of benzene rings is 3. The standard InChI is InChI=1S/C25H18FN2O.C14H16NSi.Ir/c1-14-11-15(2)22(16(3)12-14)17-8-10-27-21(13-17)18-6-7-20(26)23-19-5-4-9-28-25(19)29-24(18)23;1-16(2,3)13-9-10-14(15-11-13)12-7-5-4-6-8-12;/h4-5,7-13H,1-3H3;4-7,9-11H,1-3H3;/q2*-1;. The molecule has 7 heteroatoms. The molecular formula is C39H34FIrN3OSi-2. The Bertz CT molecular complexity index is 2120. The third kappa shape index (κ3) is 6.77. The number of fused-ring (bicyclic) bond motifs is 3. The maximum Gasteiger partial charge on any atom is 0.216 e. The molecule has 0 unspecified atom stereocenters. The van der Waals surface area contributed by atoms with Crippen molar-refractivity contribution < 1.29 is 28.9 Å². The summed E-state index contributed by atoms with van der Waals surface area (Å²) in [5.74, 6) is -0.378. The summed E-state index contributed by atoms with van der Waals surface area (Å²) in [6.45, 7) is 13.3. The second-order valence-electron chi connectivity index (χ2n) is 12.3. The van der Waals surface area contributed by atoms with Crippen molar-refractivity contribution in [3.05, 3.63) is 132 Å².